The third kappa shape index (κ3) is 6.08. The summed E-state index contributed by atoms with van der Waals surface area (Å²) >= 11 is 0. The van der Waals surface area contributed by atoms with Crippen molar-refractivity contribution >= 4 is 30.3 Å². The molecule has 0 saturated carbocycles. The van der Waals surface area contributed by atoms with E-state index in [-0.39, 0.29) is 29.6 Å². The van der Waals surface area contributed by atoms with Gasteiger partial charge in [-0.2, -0.15) is 0 Å². The van der Waals surface area contributed by atoms with E-state index in [9.17, 15) is 19.4 Å². The summed E-state index contributed by atoms with van der Waals surface area (Å²) in [6, 6.07) is 17.4. The van der Waals surface area contributed by atoms with Crippen molar-refractivity contribution in [2.75, 3.05) is 6.16 Å². The summed E-state index contributed by atoms with van der Waals surface area (Å²) in [6.07, 6.45) is -0.123. The monoisotopic (exact) mass is 427 g/mol. The molecule has 0 saturated heterocycles. The van der Waals surface area contributed by atoms with Gasteiger partial charge in [-0.3, -0.25) is 9.36 Å². The summed E-state index contributed by atoms with van der Waals surface area (Å²) in [4.78, 5) is 21.3. The Labute approximate surface area is 158 Å². The topological polar surface area (TPSA) is 101 Å². The SMILES string of the molecule is Br.CC(N)P(=O)(O)CC(Cc1ccc(-c2ccccc2)cc1)C(=O)O. The lowest BCUT2D eigenvalue weighted by atomic mass is 9.98. The minimum absolute atomic E-state index is 0. The fourth-order valence-electron chi connectivity index (χ4n) is 2.46. The number of rotatable bonds is 7. The number of carbonyl (C=O) groups is 1. The van der Waals surface area contributed by atoms with Crippen LogP contribution < -0.4 is 5.73 Å². The highest BCUT2D eigenvalue weighted by atomic mass is 79.9. The smallest absolute Gasteiger partial charge is 0.307 e. The molecule has 0 radical (unpaired) electrons. The molecule has 2 rings (SSSR count). The zero-order valence-corrected chi connectivity index (χ0v) is 16.5. The molecule has 3 unspecified atom stereocenters. The molecule has 2 aromatic carbocycles. The third-order valence-corrected chi connectivity index (χ3v) is 6.25. The van der Waals surface area contributed by atoms with Crippen LogP contribution >= 0.6 is 24.4 Å². The summed E-state index contributed by atoms with van der Waals surface area (Å²) in [5.41, 5.74) is 8.42. The summed E-state index contributed by atoms with van der Waals surface area (Å²) < 4.78 is 12.0. The van der Waals surface area contributed by atoms with E-state index in [1.54, 1.807) is 0 Å². The van der Waals surface area contributed by atoms with Gasteiger partial charge in [0.15, 0.2) is 0 Å². The van der Waals surface area contributed by atoms with E-state index in [1.807, 2.05) is 54.6 Å². The summed E-state index contributed by atoms with van der Waals surface area (Å²) in [5.74, 6) is -2.95. The molecule has 0 aliphatic heterocycles. The molecule has 7 heteroatoms. The van der Waals surface area contributed by atoms with E-state index in [2.05, 4.69) is 0 Å². The average Bonchev–Trinajstić information content (AvgIpc) is 2.55. The van der Waals surface area contributed by atoms with Gasteiger partial charge in [0.2, 0.25) is 7.37 Å². The lowest BCUT2D eigenvalue weighted by Gasteiger charge is -2.20. The van der Waals surface area contributed by atoms with Crippen LogP contribution in [0.15, 0.2) is 54.6 Å². The van der Waals surface area contributed by atoms with Crippen LogP contribution in [-0.4, -0.2) is 27.9 Å². The zero-order chi connectivity index (χ0) is 17.7. The first-order chi connectivity index (χ1) is 11.3. The molecular weight excluding hydrogens is 405 g/mol. The summed E-state index contributed by atoms with van der Waals surface area (Å²) in [6.45, 7) is 1.42. The summed E-state index contributed by atoms with van der Waals surface area (Å²) in [5, 5.41) is 9.34. The Bertz CT molecular complexity index is 735. The molecule has 3 atom stereocenters. The van der Waals surface area contributed by atoms with Gasteiger partial charge in [-0.1, -0.05) is 54.6 Å². The number of hydrogen-bond donors (Lipinski definition) is 3. The second-order valence-corrected chi connectivity index (χ2v) is 8.67. The van der Waals surface area contributed by atoms with Crippen LogP contribution in [0.2, 0.25) is 0 Å². The number of nitrogens with two attached hydrogens (primary N) is 1. The fraction of sp³-hybridized carbons (Fsp3) is 0.278. The molecule has 0 spiro atoms. The maximum atomic E-state index is 12.0. The molecule has 0 fully saturated rings. The van der Waals surface area contributed by atoms with Crippen LogP contribution in [0.5, 0.6) is 0 Å². The van der Waals surface area contributed by atoms with Gasteiger partial charge in [0.1, 0.15) is 0 Å². The first-order valence-electron chi connectivity index (χ1n) is 7.74. The van der Waals surface area contributed by atoms with Crippen LogP contribution in [-0.2, 0) is 15.8 Å². The van der Waals surface area contributed by atoms with Crippen LogP contribution in [0, 0.1) is 5.92 Å². The second-order valence-electron chi connectivity index (χ2n) is 5.98. The maximum Gasteiger partial charge on any atom is 0.307 e. The Hall–Kier alpha value is -1.46. The van der Waals surface area contributed by atoms with Crippen molar-refractivity contribution in [3.63, 3.8) is 0 Å². The van der Waals surface area contributed by atoms with Gasteiger partial charge in [-0.15, -0.1) is 17.0 Å². The highest BCUT2D eigenvalue weighted by molar-refractivity contribution is 8.93. The largest absolute Gasteiger partial charge is 0.481 e. The maximum absolute atomic E-state index is 12.0. The van der Waals surface area contributed by atoms with Gasteiger partial charge in [-0.05, 0) is 30.0 Å². The molecule has 0 aliphatic carbocycles. The van der Waals surface area contributed by atoms with Crippen LogP contribution in [0.25, 0.3) is 11.1 Å². The van der Waals surface area contributed by atoms with Crippen molar-refractivity contribution in [3.8, 4) is 11.1 Å². The lowest BCUT2D eigenvalue weighted by molar-refractivity contribution is -0.141. The number of carboxylic acid groups (broad SMARTS) is 1. The third-order valence-electron chi connectivity index (χ3n) is 4.01. The van der Waals surface area contributed by atoms with Gasteiger partial charge in [-0.25, -0.2) is 0 Å². The molecule has 0 aromatic heterocycles. The predicted molar refractivity (Wildman–Crippen MR) is 105 cm³/mol. The van der Waals surface area contributed by atoms with E-state index < -0.39 is 25.0 Å². The molecule has 136 valence electrons. The Kier molecular flexibility index (Phi) is 8.03. The number of hydrogen-bond acceptors (Lipinski definition) is 3. The van der Waals surface area contributed by atoms with Crippen molar-refractivity contribution in [2.24, 2.45) is 11.7 Å². The lowest BCUT2D eigenvalue weighted by Crippen LogP contribution is -2.26. The van der Waals surface area contributed by atoms with Crippen molar-refractivity contribution in [1.82, 2.24) is 0 Å². The molecule has 2 aromatic rings. The van der Waals surface area contributed by atoms with E-state index in [0.717, 1.165) is 16.7 Å². The highest BCUT2D eigenvalue weighted by Crippen LogP contribution is 2.45. The van der Waals surface area contributed by atoms with Gasteiger partial charge < -0.3 is 15.7 Å². The molecule has 25 heavy (non-hydrogen) atoms. The Morgan fingerprint density at radius 3 is 2.08 bits per heavy atom. The fourth-order valence-corrected chi connectivity index (χ4v) is 3.71. The van der Waals surface area contributed by atoms with Gasteiger partial charge >= 0.3 is 5.97 Å². The van der Waals surface area contributed by atoms with Crippen molar-refractivity contribution in [3.05, 3.63) is 60.2 Å². The molecule has 4 N–H and O–H groups in total. The van der Waals surface area contributed by atoms with E-state index in [1.165, 1.54) is 6.92 Å². The first kappa shape index (κ1) is 21.6. The van der Waals surface area contributed by atoms with Crippen LogP contribution in [0.4, 0.5) is 0 Å². The van der Waals surface area contributed by atoms with Crippen molar-refractivity contribution in [2.45, 2.75) is 19.1 Å². The van der Waals surface area contributed by atoms with E-state index in [4.69, 9.17) is 5.73 Å². The molecule has 5 nitrogen and oxygen atoms in total. The average molecular weight is 428 g/mol. The highest BCUT2D eigenvalue weighted by Gasteiger charge is 2.31. The van der Waals surface area contributed by atoms with Gasteiger partial charge in [0.25, 0.3) is 0 Å². The number of benzene rings is 2. The van der Waals surface area contributed by atoms with Crippen molar-refractivity contribution in [1.29, 1.82) is 0 Å². The molecule has 0 bridgehead atoms. The van der Waals surface area contributed by atoms with Gasteiger partial charge in [0, 0.05) is 6.16 Å². The predicted octanol–water partition coefficient (Wildman–Crippen LogP) is 3.75. The van der Waals surface area contributed by atoms with Gasteiger partial charge in [0.05, 0.1) is 11.7 Å². The van der Waals surface area contributed by atoms with Crippen LogP contribution in [0.3, 0.4) is 0 Å². The second kappa shape index (κ2) is 9.30. The Morgan fingerprint density at radius 1 is 1.08 bits per heavy atom. The quantitative estimate of drug-likeness (QED) is 0.584. The molecule has 0 amide bonds. The number of aliphatic carboxylic acids is 1. The van der Waals surface area contributed by atoms with Crippen molar-refractivity contribution < 1.29 is 19.4 Å². The molecular formula is C18H23BrNO4P. The van der Waals surface area contributed by atoms with E-state index in [0.29, 0.717) is 0 Å². The normalized spacial score (nSPS) is 15.5. The number of halogens is 1. The molecule has 0 heterocycles. The Morgan fingerprint density at radius 2 is 1.60 bits per heavy atom. The minimum atomic E-state index is -3.67. The minimum Gasteiger partial charge on any atom is -0.481 e. The zero-order valence-electron chi connectivity index (χ0n) is 13.9. The standard InChI is InChI=1S/C18H22NO4P.BrH/c1-13(19)24(22,23)12-17(18(20)21)11-14-7-9-16(10-8-14)15-5-3-2-4-6-15;/h2-10,13,17H,11-12,19H2,1H3,(H,20,21)(H,22,23);1H. The number of carboxylic acids is 1. The Balaban J connectivity index is 0.00000312. The first-order valence-corrected chi connectivity index (χ1v) is 9.65. The molecule has 0 aliphatic rings. The van der Waals surface area contributed by atoms with Crippen LogP contribution in [0.1, 0.15) is 12.5 Å². The van der Waals surface area contributed by atoms with E-state index >= 15 is 0 Å². The summed E-state index contributed by atoms with van der Waals surface area (Å²) in [7, 11) is -3.67.